The highest BCUT2D eigenvalue weighted by molar-refractivity contribution is 5.27. The minimum atomic E-state index is -0.277. The molecule has 6 heteroatoms. The number of nitrogens with one attached hydrogen (secondary N) is 1. The maximum absolute atomic E-state index is 5.79. The van der Waals surface area contributed by atoms with Gasteiger partial charge in [0.15, 0.2) is 11.6 Å². The largest absolute Gasteiger partial charge is 0.348 e. The van der Waals surface area contributed by atoms with E-state index >= 15 is 0 Å². The molecule has 2 aliphatic rings. The number of nitrogens with zero attached hydrogens (tertiary/aromatic N) is 3. The number of ether oxygens (including phenoxy) is 2. The van der Waals surface area contributed by atoms with Crippen LogP contribution in [0.2, 0.25) is 0 Å². The number of aromatic nitrogens is 3. The van der Waals surface area contributed by atoms with Crippen LogP contribution in [0.15, 0.2) is 24.4 Å². The van der Waals surface area contributed by atoms with E-state index in [1.807, 2.05) is 30.8 Å². The fourth-order valence-corrected chi connectivity index (χ4v) is 3.82. The van der Waals surface area contributed by atoms with Crippen molar-refractivity contribution in [2.45, 2.75) is 57.9 Å². The van der Waals surface area contributed by atoms with Crippen molar-refractivity contribution in [1.82, 2.24) is 20.1 Å². The molecule has 2 aromatic heterocycles. The van der Waals surface area contributed by atoms with Crippen LogP contribution in [0.4, 0.5) is 0 Å². The summed E-state index contributed by atoms with van der Waals surface area (Å²) in [4.78, 5) is 4.57. The Morgan fingerprint density at radius 3 is 2.56 bits per heavy atom. The van der Waals surface area contributed by atoms with Gasteiger partial charge in [-0.3, -0.25) is 0 Å². The van der Waals surface area contributed by atoms with Crippen LogP contribution in [0, 0.1) is 13.8 Å². The molecule has 0 amide bonds. The van der Waals surface area contributed by atoms with E-state index in [1.165, 1.54) is 5.56 Å². The monoisotopic (exact) mass is 342 g/mol. The number of aryl methyl sites for hydroxylation is 2. The molecule has 1 aliphatic carbocycles. The van der Waals surface area contributed by atoms with E-state index in [1.54, 1.807) is 0 Å². The Bertz CT molecular complexity index is 710. The highest BCUT2D eigenvalue weighted by Crippen LogP contribution is 2.35. The quantitative estimate of drug-likeness (QED) is 0.926. The highest BCUT2D eigenvalue weighted by atomic mass is 16.7. The predicted molar refractivity (Wildman–Crippen MR) is 94.6 cm³/mol. The van der Waals surface area contributed by atoms with E-state index in [9.17, 15) is 0 Å². The second-order valence-corrected chi connectivity index (χ2v) is 7.13. The van der Waals surface area contributed by atoms with Gasteiger partial charge >= 0.3 is 0 Å². The van der Waals surface area contributed by atoms with Gasteiger partial charge in [0.2, 0.25) is 0 Å². The van der Waals surface area contributed by atoms with Crippen molar-refractivity contribution in [2.75, 3.05) is 13.2 Å². The minimum absolute atomic E-state index is 0.277. The van der Waals surface area contributed by atoms with Crippen molar-refractivity contribution in [2.24, 2.45) is 0 Å². The number of hydrogen-bond donors (Lipinski definition) is 1. The van der Waals surface area contributed by atoms with E-state index < -0.39 is 0 Å². The van der Waals surface area contributed by atoms with E-state index in [-0.39, 0.29) is 5.79 Å². The fraction of sp³-hybridized carbons (Fsp3) is 0.579. The fourth-order valence-electron chi connectivity index (χ4n) is 3.82. The van der Waals surface area contributed by atoms with Crippen LogP contribution in [0.3, 0.4) is 0 Å². The van der Waals surface area contributed by atoms with Crippen LogP contribution >= 0.6 is 0 Å². The molecule has 1 saturated heterocycles. The Kier molecular flexibility index (Phi) is 4.58. The molecule has 1 aliphatic heterocycles. The molecule has 0 aromatic carbocycles. The summed E-state index contributed by atoms with van der Waals surface area (Å²) >= 11 is 0. The molecule has 4 rings (SSSR count). The lowest BCUT2D eigenvalue weighted by atomic mass is 9.90. The third-order valence-corrected chi connectivity index (χ3v) is 5.19. The molecule has 6 nitrogen and oxygen atoms in total. The van der Waals surface area contributed by atoms with Gasteiger partial charge in [0.1, 0.15) is 0 Å². The van der Waals surface area contributed by atoms with Gasteiger partial charge in [-0.15, -0.1) is 0 Å². The molecule has 134 valence electrons. The molecule has 1 spiro atoms. The van der Waals surface area contributed by atoms with Crippen LogP contribution < -0.4 is 5.32 Å². The normalized spacial score (nSPS) is 20.4. The van der Waals surface area contributed by atoms with Gasteiger partial charge in [0.25, 0.3) is 0 Å². The van der Waals surface area contributed by atoms with Gasteiger partial charge in [-0.2, -0.15) is 5.10 Å². The molecule has 0 bridgehead atoms. The molecule has 1 N–H and O–H groups in total. The molecule has 3 heterocycles. The van der Waals surface area contributed by atoms with Crippen LogP contribution in [0.25, 0.3) is 5.82 Å². The summed E-state index contributed by atoms with van der Waals surface area (Å²) in [5.41, 5.74) is 3.30. The van der Waals surface area contributed by atoms with Gasteiger partial charge < -0.3 is 14.8 Å². The highest BCUT2D eigenvalue weighted by Gasteiger charge is 2.40. The Morgan fingerprint density at radius 1 is 1.20 bits per heavy atom. The van der Waals surface area contributed by atoms with E-state index in [4.69, 9.17) is 9.47 Å². The first-order valence-corrected chi connectivity index (χ1v) is 9.13. The molecule has 0 unspecified atom stereocenters. The number of rotatable bonds is 4. The summed E-state index contributed by atoms with van der Waals surface area (Å²) in [7, 11) is 0. The van der Waals surface area contributed by atoms with Crippen molar-refractivity contribution >= 4 is 0 Å². The summed E-state index contributed by atoms with van der Waals surface area (Å²) in [5, 5.41) is 8.12. The Morgan fingerprint density at radius 2 is 1.96 bits per heavy atom. The standard InChI is InChI=1S/C19H26N4O2/c1-14-11-15(2)23(22-14)18-4-3-16(13-21-18)12-20-17-5-7-19(8-6-17)24-9-10-25-19/h3-4,11,13,17,20H,5-10,12H2,1-2H3. The van der Waals surface area contributed by atoms with Gasteiger partial charge in [0, 0.05) is 37.3 Å². The lowest BCUT2D eigenvalue weighted by Gasteiger charge is -2.35. The Hall–Kier alpha value is -1.76. The lowest BCUT2D eigenvalue weighted by Crippen LogP contribution is -2.41. The second-order valence-electron chi connectivity index (χ2n) is 7.13. The van der Waals surface area contributed by atoms with Gasteiger partial charge in [0.05, 0.1) is 18.9 Å². The average Bonchev–Trinajstić information content (AvgIpc) is 3.21. The summed E-state index contributed by atoms with van der Waals surface area (Å²) in [6.07, 6.45) is 6.10. The van der Waals surface area contributed by atoms with Crippen molar-refractivity contribution in [3.8, 4) is 5.82 Å². The van der Waals surface area contributed by atoms with E-state index in [0.29, 0.717) is 6.04 Å². The first-order valence-electron chi connectivity index (χ1n) is 9.13. The van der Waals surface area contributed by atoms with E-state index in [2.05, 4.69) is 27.5 Å². The molecule has 0 radical (unpaired) electrons. The zero-order chi connectivity index (χ0) is 17.3. The second kappa shape index (κ2) is 6.86. The molecule has 1 saturated carbocycles. The molecule has 0 atom stereocenters. The smallest absolute Gasteiger partial charge is 0.168 e. The molecular formula is C19H26N4O2. The minimum Gasteiger partial charge on any atom is -0.348 e. The summed E-state index contributed by atoms with van der Waals surface area (Å²) in [6, 6.07) is 6.74. The predicted octanol–water partition coefficient (Wildman–Crippen LogP) is 2.66. The number of hydrogen-bond acceptors (Lipinski definition) is 5. The first-order chi connectivity index (χ1) is 12.1. The molecular weight excluding hydrogens is 316 g/mol. The van der Waals surface area contributed by atoms with Gasteiger partial charge in [-0.25, -0.2) is 9.67 Å². The van der Waals surface area contributed by atoms with Crippen LogP contribution in [0.1, 0.15) is 42.6 Å². The number of pyridine rings is 1. The Balaban J connectivity index is 1.31. The van der Waals surface area contributed by atoms with Crippen LogP contribution in [0.5, 0.6) is 0 Å². The average molecular weight is 342 g/mol. The van der Waals surface area contributed by atoms with Crippen LogP contribution in [-0.2, 0) is 16.0 Å². The van der Waals surface area contributed by atoms with Crippen molar-refractivity contribution < 1.29 is 9.47 Å². The maximum atomic E-state index is 5.79. The molecule has 25 heavy (non-hydrogen) atoms. The topological polar surface area (TPSA) is 61.2 Å². The van der Waals surface area contributed by atoms with Crippen molar-refractivity contribution in [3.63, 3.8) is 0 Å². The summed E-state index contributed by atoms with van der Waals surface area (Å²) < 4.78 is 13.5. The SMILES string of the molecule is Cc1cc(C)n(-c2ccc(CNC3CCC4(CC3)OCCO4)cn2)n1. The lowest BCUT2D eigenvalue weighted by molar-refractivity contribution is -0.179. The summed E-state index contributed by atoms with van der Waals surface area (Å²) in [5.74, 6) is 0.589. The zero-order valence-electron chi connectivity index (χ0n) is 15.0. The zero-order valence-corrected chi connectivity index (χ0v) is 15.0. The van der Waals surface area contributed by atoms with Gasteiger partial charge in [-0.1, -0.05) is 6.07 Å². The maximum Gasteiger partial charge on any atom is 0.168 e. The van der Waals surface area contributed by atoms with Gasteiger partial charge in [-0.05, 0) is 44.4 Å². The van der Waals surface area contributed by atoms with E-state index in [0.717, 1.165) is 62.6 Å². The Labute approximate surface area is 148 Å². The third kappa shape index (κ3) is 3.61. The molecule has 2 aromatic rings. The summed E-state index contributed by atoms with van der Waals surface area (Å²) in [6.45, 7) is 6.36. The third-order valence-electron chi connectivity index (χ3n) is 5.19. The first kappa shape index (κ1) is 16.7. The molecule has 2 fully saturated rings. The van der Waals surface area contributed by atoms with Crippen molar-refractivity contribution in [3.05, 3.63) is 41.3 Å². The van der Waals surface area contributed by atoms with Crippen molar-refractivity contribution in [1.29, 1.82) is 0 Å². The van der Waals surface area contributed by atoms with Crippen LogP contribution in [-0.4, -0.2) is 39.8 Å².